The van der Waals surface area contributed by atoms with Crippen LogP contribution in [0.2, 0.25) is 0 Å². The Morgan fingerprint density at radius 3 is 2.87 bits per heavy atom. The van der Waals surface area contributed by atoms with Crippen molar-refractivity contribution in [2.75, 3.05) is 6.54 Å². The first-order valence-corrected chi connectivity index (χ1v) is 5.46. The maximum Gasteiger partial charge on any atom is 0.0771 e. The van der Waals surface area contributed by atoms with Crippen LogP contribution in [-0.2, 0) is 13.6 Å². The Hall–Kier alpha value is -0.940. The van der Waals surface area contributed by atoms with Gasteiger partial charge in [-0.25, -0.2) is 0 Å². The van der Waals surface area contributed by atoms with Gasteiger partial charge in [0, 0.05) is 20.1 Å². The molecule has 0 unspecified atom stereocenters. The van der Waals surface area contributed by atoms with Crippen LogP contribution in [0.25, 0.3) is 0 Å². The van der Waals surface area contributed by atoms with Crippen LogP contribution in [0.1, 0.15) is 31.4 Å². The summed E-state index contributed by atoms with van der Waals surface area (Å²) in [5, 5.41) is 21.0. The molecule has 0 radical (unpaired) electrons. The largest absolute Gasteiger partial charge is 0.389 e. The molecule has 5 heteroatoms. The SMILES string of the molecule is Cn1nncc1CNCC1(O)CCCC1. The van der Waals surface area contributed by atoms with Crippen LogP contribution in [0.15, 0.2) is 6.20 Å². The van der Waals surface area contributed by atoms with Crippen LogP contribution in [0.4, 0.5) is 0 Å². The van der Waals surface area contributed by atoms with Crippen molar-refractivity contribution in [3.63, 3.8) is 0 Å². The number of hydrogen-bond donors (Lipinski definition) is 2. The minimum absolute atomic E-state index is 0.480. The Morgan fingerprint density at radius 2 is 2.27 bits per heavy atom. The Morgan fingerprint density at radius 1 is 1.53 bits per heavy atom. The summed E-state index contributed by atoms with van der Waals surface area (Å²) in [6.07, 6.45) is 5.87. The fourth-order valence-electron chi connectivity index (χ4n) is 2.10. The third-order valence-electron chi connectivity index (χ3n) is 3.10. The minimum Gasteiger partial charge on any atom is -0.389 e. The van der Waals surface area contributed by atoms with Crippen molar-refractivity contribution >= 4 is 0 Å². The van der Waals surface area contributed by atoms with E-state index in [4.69, 9.17) is 0 Å². The number of hydrogen-bond acceptors (Lipinski definition) is 4. The van der Waals surface area contributed by atoms with Crippen molar-refractivity contribution < 1.29 is 5.11 Å². The Labute approximate surface area is 89.5 Å². The van der Waals surface area contributed by atoms with Crippen molar-refractivity contribution in [1.29, 1.82) is 0 Å². The van der Waals surface area contributed by atoms with E-state index in [0.29, 0.717) is 13.1 Å². The van der Waals surface area contributed by atoms with E-state index in [1.165, 1.54) is 0 Å². The predicted octanol–water partition coefficient (Wildman–Crippen LogP) is 0.210. The molecule has 2 rings (SSSR count). The minimum atomic E-state index is -0.480. The van der Waals surface area contributed by atoms with Gasteiger partial charge in [-0.2, -0.15) is 0 Å². The second-order valence-electron chi connectivity index (χ2n) is 4.38. The van der Waals surface area contributed by atoms with Crippen molar-refractivity contribution in [3.8, 4) is 0 Å². The number of aliphatic hydroxyl groups is 1. The molecule has 0 bridgehead atoms. The lowest BCUT2D eigenvalue weighted by molar-refractivity contribution is 0.0473. The highest BCUT2D eigenvalue weighted by Crippen LogP contribution is 2.28. The van der Waals surface area contributed by atoms with Gasteiger partial charge in [0.25, 0.3) is 0 Å². The van der Waals surface area contributed by atoms with Gasteiger partial charge in [0.05, 0.1) is 17.5 Å². The lowest BCUT2D eigenvalue weighted by atomic mass is 10.0. The zero-order valence-electron chi connectivity index (χ0n) is 9.11. The molecule has 0 saturated heterocycles. The van der Waals surface area contributed by atoms with Crippen LogP contribution in [-0.4, -0.2) is 32.2 Å². The molecule has 0 spiro atoms. The molecule has 0 amide bonds. The monoisotopic (exact) mass is 210 g/mol. The Balaban J connectivity index is 1.77. The van der Waals surface area contributed by atoms with Gasteiger partial charge in [-0.3, -0.25) is 4.68 Å². The van der Waals surface area contributed by atoms with E-state index in [9.17, 15) is 5.11 Å². The quantitative estimate of drug-likeness (QED) is 0.745. The summed E-state index contributed by atoms with van der Waals surface area (Å²) in [6, 6.07) is 0. The average molecular weight is 210 g/mol. The molecule has 1 heterocycles. The van der Waals surface area contributed by atoms with Gasteiger partial charge in [0.2, 0.25) is 0 Å². The van der Waals surface area contributed by atoms with Crippen LogP contribution < -0.4 is 5.32 Å². The smallest absolute Gasteiger partial charge is 0.0771 e. The summed E-state index contributed by atoms with van der Waals surface area (Å²) in [5.74, 6) is 0. The highest BCUT2D eigenvalue weighted by Gasteiger charge is 2.30. The predicted molar refractivity (Wildman–Crippen MR) is 56.1 cm³/mol. The molecular weight excluding hydrogens is 192 g/mol. The molecule has 2 N–H and O–H groups in total. The maximum absolute atomic E-state index is 10.1. The molecule has 1 fully saturated rings. The van der Waals surface area contributed by atoms with Gasteiger partial charge < -0.3 is 10.4 Å². The van der Waals surface area contributed by atoms with E-state index in [1.807, 2.05) is 7.05 Å². The van der Waals surface area contributed by atoms with E-state index in [-0.39, 0.29) is 0 Å². The third-order valence-corrected chi connectivity index (χ3v) is 3.10. The van der Waals surface area contributed by atoms with Gasteiger partial charge in [-0.1, -0.05) is 18.1 Å². The Bertz CT molecular complexity index is 317. The van der Waals surface area contributed by atoms with Crippen LogP contribution in [0, 0.1) is 0 Å². The summed E-state index contributed by atoms with van der Waals surface area (Å²) in [4.78, 5) is 0. The van der Waals surface area contributed by atoms with Crippen LogP contribution >= 0.6 is 0 Å². The molecule has 1 aliphatic carbocycles. The van der Waals surface area contributed by atoms with E-state index in [1.54, 1.807) is 10.9 Å². The molecule has 1 aliphatic rings. The summed E-state index contributed by atoms with van der Waals surface area (Å²) in [6.45, 7) is 1.38. The van der Waals surface area contributed by atoms with E-state index in [0.717, 1.165) is 31.4 Å². The average Bonchev–Trinajstić information content (AvgIpc) is 2.78. The van der Waals surface area contributed by atoms with Crippen LogP contribution in [0.5, 0.6) is 0 Å². The number of rotatable bonds is 4. The van der Waals surface area contributed by atoms with E-state index >= 15 is 0 Å². The number of aromatic nitrogens is 3. The number of nitrogens with zero attached hydrogens (tertiary/aromatic N) is 3. The lowest BCUT2D eigenvalue weighted by Gasteiger charge is -2.22. The molecule has 1 saturated carbocycles. The fraction of sp³-hybridized carbons (Fsp3) is 0.800. The first-order valence-electron chi connectivity index (χ1n) is 5.46. The molecule has 0 aromatic carbocycles. The normalized spacial score (nSPS) is 19.6. The molecule has 0 atom stereocenters. The van der Waals surface area contributed by atoms with E-state index < -0.39 is 5.60 Å². The topological polar surface area (TPSA) is 63.0 Å². The van der Waals surface area contributed by atoms with Crippen molar-refractivity contribution in [1.82, 2.24) is 20.3 Å². The summed E-state index contributed by atoms with van der Waals surface area (Å²) in [5.41, 5.74) is 0.558. The maximum atomic E-state index is 10.1. The summed E-state index contributed by atoms with van der Waals surface area (Å²) in [7, 11) is 1.87. The molecule has 84 valence electrons. The van der Waals surface area contributed by atoms with Gasteiger partial charge >= 0.3 is 0 Å². The van der Waals surface area contributed by atoms with Crippen molar-refractivity contribution in [3.05, 3.63) is 11.9 Å². The molecule has 15 heavy (non-hydrogen) atoms. The van der Waals surface area contributed by atoms with Gasteiger partial charge in [0.15, 0.2) is 0 Å². The van der Waals surface area contributed by atoms with Gasteiger partial charge in [-0.05, 0) is 12.8 Å². The molecule has 1 aromatic rings. The summed E-state index contributed by atoms with van der Waals surface area (Å²) < 4.78 is 1.74. The van der Waals surface area contributed by atoms with E-state index in [2.05, 4.69) is 15.6 Å². The first-order chi connectivity index (χ1) is 7.20. The van der Waals surface area contributed by atoms with Crippen molar-refractivity contribution in [2.24, 2.45) is 7.05 Å². The Kier molecular flexibility index (Phi) is 3.02. The van der Waals surface area contributed by atoms with Gasteiger partial charge in [-0.15, -0.1) is 5.10 Å². The summed E-state index contributed by atoms with van der Waals surface area (Å²) >= 11 is 0. The van der Waals surface area contributed by atoms with Gasteiger partial charge in [0.1, 0.15) is 0 Å². The standard InChI is InChI=1S/C10H18N4O/c1-14-9(7-12-13-14)6-11-8-10(15)4-2-3-5-10/h7,11,15H,2-6,8H2,1H3. The molecular formula is C10H18N4O. The second-order valence-corrected chi connectivity index (χ2v) is 4.38. The fourth-order valence-corrected chi connectivity index (χ4v) is 2.10. The highest BCUT2D eigenvalue weighted by atomic mass is 16.3. The zero-order valence-corrected chi connectivity index (χ0v) is 9.11. The number of aryl methyl sites for hydroxylation is 1. The zero-order chi connectivity index (χ0) is 10.7. The lowest BCUT2D eigenvalue weighted by Crippen LogP contribution is -2.37. The second kappa shape index (κ2) is 4.28. The molecule has 1 aromatic heterocycles. The van der Waals surface area contributed by atoms with Crippen LogP contribution in [0.3, 0.4) is 0 Å². The highest BCUT2D eigenvalue weighted by molar-refractivity contribution is 4.94. The van der Waals surface area contributed by atoms with Crippen molar-refractivity contribution in [2.45, 2.75) is 37.8 Å². The third kappa shape index (κ3) is 2.54. The molecule has 0 aliphatic heterocycles. The molecule has 5 nitrogen and oxygen atoms in total. The first kappa shape index (κ1) is 10.6. The number of nitrogens with one attached hydrogen (secondary N) is 1.